The summed E-state index contributed by atoms with van der Waals surface area (Å²) in [5, 5.41) is 14.5. The lowest BCUT2D eigenvalue weighted by Gasteiger charge is -2.09. The molecule has 196 valence electrons. The fourth-order valence-electron chi connectivity index (χ4n) is 3.73. The number of nitriles is 1. The Hall–Kier alpha value is -4.87. The van der Waals surface area contributed by atoms with Crippen molar-refractivity contribution in [2.24, 2.45) is 0 Å². The number of thiophene rings is 1. The van der Waals surface area contributed by atoms with Crippen LogP contribution in [0.4, 0.5) is 5.00 Å². The molecule has 0 aliphatic heterocycles. The normalized spacial score (nSPS) is 10.8. The number of ether oxygens (including phenoxy) is 3. The smallest absolute Gasteiger partial charge is 0.341 e. The Bertz CT molecular complexity index is 1500. The standard InChI is InChI=1S/C31H26N2O5S/c1-3-37-31(35)28-27(23-11-15-25(36-2)16-12-23)20-39-30(28)33-29(34)24(18-32)17-21-9-13-26(14-10-21)38-19-22-7-5-4-6-8-22/h4-17,20H,3,19H2,1-2H3,(H,33,34)/b24-17+. The largest absolute Gasteiger partial charge is 0.497 e. The topological polar surface area (TPSA) is 97.6 Å². The SMILES string of the molecule is CCOC(=O)c1c(-c2ccc(OC)cc2)csc1NC(=O)/C(C#N)=C/c1ccc(OCc2ccccc2)cc1. The van der Waals surface area contributed by atoms with E-state index < -0.39 is 11.9 Å². The van der Waals surface area contributed by atoms with E-state index in [2.05, 4.69) is 5.32 Å². The summed E-state index contributed by atoms with van der Waals surface area (Å²) in [6.45, 7) is 2.33. The van der Waals surface area contributed by atoms with Crippen molar-refractivity contribution >= 4 is 34.3 Å². The van der Waals surface area contributed by atoms with Crippen LogP contribution in [0.15, 0.2) is 89.8 Å². The first-order valence-corrected chi connectivity index (χ1v) is 13.0. The third-order valence-corrected chi connectivity index (χ3v) is 6.60. The van der Waals surface area contributed by atoms with Crippen molar-refractivity contribution in [1.29, 1.82) is 5.26 Å². The van der Waals surface area contributed by atoms with Gasteiger partial charge in [0.05, 0.1) is 13.7 Å². The van der Waals surface area contributed by atoms with E-state index in [-0.39, 0.29) is 17.7 Å². The predicted molar refractivity (Wildman–Crippen MR) is 152 cm³/mol. The monoisotopic (exact) mass is 538 g/mol. The highest BCUT2D eigenvalue weighted by molar-refractivity contribution is 7.15. The summed E-state index contributed by atoms with van der Waals surface area (Å²) >= 11 is 1.19. The number of esters is 1. The molecule has 39 heavy (non-hydrogen) atoms. The maximum atomic E-state index is 13.0. The van der Waals surface area contributed by atoms with Gasteiger partial charge >= 0.3 is 5.97 Å². The van der Waals surface area contributed by atoms with Crippen LogP contribution in [0.3, 0.4) is 0 Å². The summed E-state index contributed by atoms with van der Waals surface area (Å²) in [5.74, 6) is 0.159. The number of benzene rings is 3. The number of carbonyl (C=O) groups is 2. The van der Waals surface area contributed by atoms with Crippen LogP contribution < -0.4 is 14.8 Å². The van der Waals surface area contributed by atoms with Crippen molar-refractivity contribution in [1.82, 2.24) is 0 Å². The van der Waals surface area contributed by atoms with Gasteiger partial charge in [-0.05, 0) is 54.0 Å². The Morgan fingerprint density at radius 3 is 2.31 bits per heavy atom. The maximum Gasteiger partial charge on any atom is 0.341 e. The molecule has 1 heterocycles. The van der Waals surface area contributed by atoms with E-state index in [1.807, 2.05) is 48.5 Å². The van der Waals surface area contributed by atoms with Crippen LogP contribution in [0, 0.1) is 11.3 Å². The minimum Gasteiger partial charge on any atom is -0.497 e. The molecule has 8 heteroatoms. The molecular weight excluding hydrogens is 512 g/mol. The first-order chi connectivity index (χ1) is 19.0. The van der Waals surface area contributed by atoms with E-state index in [0.717, 1.165) is 11.1 Å². The fourth-order valence-corrected chi connectivity index (χ4v) is 4.68. The Labute approximate surface area is 230 Å². The molecule has 0 saturated carbocycles. The molecule has 0 aliphatic carbocycles. The number of nitrogens with zero attached hydrogens (tertiary/aromatic N) is 1. The second-order valence-corrected chi connectivity index (χ2v) is 9.15. The van der Waals surface area contributed by atoms with E-state index in [1.165, 1.54) is 17.4 Å². The molecule has 7 nitrogen and oxygen atoms in total. The molecule has 0 unspecified atom stereocenters. The number of carbonyl (C=O) groups excluding carboxylic acids is 2. The molecule has 0 fully saturated rings. The van der Waals surface area contributed by atoms with Gasteiger partial charge in [-0.15, -0.1) is 11.3 Å². The van der Waals surface area contributed by atoms with Crippen LogP contribution in [-0.2, 0) is 16.1 Å². The first kappa shape index (κ1) is 27.2. The average Bonchev–Trinajstić information content (AvgIpc) is 3.39. The minimum absolute atomic E-state index is 0.109. The molecule has 4 rings (SSSR count). The number of rotatable bonds is 10. The third-order valence-electron chi connectivity index (χ3n) is 5.70. The highest BCUT2D eigenvalue weighted by Gasteiger charge is 2.24. The zero-order chi connectivity index (χ0) is 27.6. The van der Waals surface area contributed by atoms with E-state index in [1.54, 1.807) is 55.8 Å². The van der Waals surface area contributed by atoms with E-state index >= 15 is 0 Å². The molecule has 0 aliphatic rings. The van der Waals surface area contributed by atoms with Gasteiger partial charge in [-0.3, -0.25) is 4.79 Å². The first-order valence-electron chi connectivity index (χ1n) is 12.1. The lowest BCUT2D eigenvalue weighted by Crippen LogP contribution is -2.16. The average molecular weight is 539 g/mol. The zero-order valence-electron chi connectivity index (χ0n) is 21.5. The molecule has 0 radical (unpaired) electrons. The van der Waals surface area contributed by atoms with Crippen molar-refractivity contribution in [2.45, 2.75) is 13.5 Å². The molecule has 0 spiro atoms. The zero-order valence-corrected chi connectivity index (χ0v) is 22.3. The molecule has 1 amide bonds. The van der Waals surface area contributed by atoms with E-state index in [9.17, 15) is 14.9 Å². The molecule has 4 aromatic rings. The number of amides is 1. The van der Waals surface area contributed by atoms with Crippen molar-refractivity contribution in [3.8, 4) is 28.7 Å². The van der Waals surface area contributed by atoms with Crippen LogP contribution in [-0.4, -0.2) is 25.6 Å². The minimum atomic E-state index is -0.629. The summed E-state index contributed by atoms with van der Waals surface area (Å²) in [6.07, 6.45) is 1.48. The van der Waals surface area contributed by atoms with Crippen LogP contribution in [0.5, 0.6) is 11.5 Å². The van der Waals surface area contributed by atoms with Gasteiger partial charge in [-0.25, -0.2) is 4.79 Å². The van der Waals surface area contributed by atoms with E-state index in [0.29, 0.717) is 34.2 Å². The highest BCUT2D eigenvalue weighted by atomic mass is 32.1. The molecule has 3 aromatic carbocycles. The molecule has 0 saturated heterocycles. The summed E-state index contributed by atoms with van der Waals surface area (Å²) < 4.78 is 16.3. The quantitative estimate of drug-likeness (QED) is 0.137. The van der Waals surface area contributed by atoms with E-state index in [4.69, 9.17) is 14.2 Å². The summed E-state index contributed by atoms with van der Waals surface area (Å²) in [6, 6.07) is 26.1. The second-order valence-electron chi connectivity index (χ2n) is 8.27. The number of nitrogens with one attached hydrogen (secondary N) is 1. The number of hydrogen-bond acceptors (Lipinski definition) is 7. The fraction of sp³-hybridized carbons (Fsp3) is 0.129. The highest BCUT2D eigenvalue weighted by Crippen LogP contribution is 2.37. The summed E-state index contributed by atoms with van der Waals surface area (Å²) in [5.41, 5.74) is 3.21. The number of methoxy groups -OCH3 is 1. The molecular formula is C31H26N2O5S. The molecule has 0 atom stereocenters. The van der Waals surface area contributed by atoms with Crippen LogP contribution in [0.1, 0.15) is 28.4 Å². The van der Waals surface area contributed by atoms with Gasteiger partial charge in [0.1, 0.15) is 40.3 Å². The van der Waals surface area contributed by atoms with Crippen LogP contribution >= 0.6 is 11.3 Å². The van der Waals surface area contributed by atoms with Gasteiger partial charge in [0.2, 0.25) is 0 Å². The van der Waals surface area contributed by atoms with Crippen molar-refractivity contribution in [3.05, 3.63) is 107 Å². The maximum absolute atomic E-state index is 13.0. The van der Waals surface area contributed by atoms with Crippen molar-refractivity contribution in [2.75, 3.05) is 19.0 Å². The third kappa shape index (κ3) is 6.92. The molecule has 0 bridgehead atoms. The lowest BCUT2D eigenvalue weighted by atomic mass is 10.0. The van der Waals surface area contributed by atoms with Gasteiger partial charge in [-0.2, -0.15) is 5.26 Å². The number of hydrogen-bond donors (Lipinski definition) is 1. The Kier molecular flexibility index (Phi) is 9.11. The van der Waals surface area contributed by atoms with Gasteiger partial charge < -0.3 is 19.5 Å². The van der Waals surface area contributed by atoms with Gasteiger partial charge in [0.25, 0.3) is 5.91 Å². The lowest BCUT2D eigenvalue weighted by molar-refractivity contribution is -0.112. The molecule has 1 aromatic heterocycles. The Balaban J connectivity index is 1.52. The van der Waals surface area contributed by atoms with Crippen LogP contribution in [0.25, 0.3) is 17.2 Å². The predicted octanol–water partition coefficient (Wildman–Crippen LogP) is 6.73. The van der Waals surface area contributed by atoms with Gasteiger partial charge in [-0.1, -0.05) is 54.6 Å². The molecule has 1 N–H and O–H groups in total. The Morgan fingerprint density at radius 1 is 0.974 bits per heavy atom. The van der Waals surface area contributed by atoms with Crippen molar-refractivity contribution in [3.63, 3.8) is 0 Å². The summed E-state index contributed by atoms with van der Waals surface area (Å²) in [7, 11) is 1.58. The van der Waals surface area contributed by atoms with Gasteiger partial charge in [0.15, 0.2) is 0 Å². The summed E-state index contributed by atoms with van der Waals surface area (Å²) in [4.78, 5) is 25.9. The number of anilines is 1. The Morgan fingerprint density at radius 2 is 1.67 bits per heavy atom. The second kappa shape index (κ2) is 13.1. The van der Waals surface area contributed by atoms with Crippen molar-refractivity contribution < 1.29 is 23.8 Å². The van der Waals surface area contributed by atoms with Crippen LogP contribution in [0.2, 0.25) is 0 Å². The van der Waals surface area contributed by atoms with Gasteiger partial charge in [0, 0.05) is 10.9 Å².